The van der Waals surface area contributed by atoms with Gasteiger partial charge in [0.25, 0.3) is 0 Å². The Morgan fingerprint density at radius 3 is 2.34 bits per heavy atom. The van der Waals surface area contributed by atoms with Gasteiger partial charge >= 0.3 is 0 Å². The Labute approximate surface area is 181 Å². The number of rotatable bonds is 5. The van der Waals surface area contributed by atoms with Crippen LogP contribution in [-0.2, 0) is 0 Å². The van der Waals surface area contributed by atoms with Crippen LogP contribution in [0.4, 0.5) is 0 Å². The van der Waals surface area contributed by atoms with E-state index in [-0.39, 0.29) is 6.10 Å². The molecule has 0 radical (unpaired) electrons. The minimum Gasteiger partial charge on any atom is -0.393 e. The lowest BCUT2D eigenvalue weighted by Gasteiger charge is -2.57. The molecule has 4 aliphatic carbocycles. The standard InChI is InChI=1S/C28H48O/c1-18(2)19(3)7-8-20(4)24-11-12-25-23-10-9-21-17-22(29)13-15-27(21,5)26(23)14-16-28(24,25)6/h10,18-22,24-26,29H,7-9,11-17H2,1-6H3/t19?,20?,21?,22-,24+,25?,26?,27-,28+/m0/s1. The minimum atomic E-state index is -0.0400. The lowest BCUT2D eigenvalue weighted by molar-refractivity contribution is -0.0428. The van der Waals surface area contributed by atoms with Crippen LogP contribution >= 0.6 is 0 Å². The van der Waals surface area contributed by atoms with Gasteiger partial charge in [0.15, 0.2) is 0 Å². The first kappa shape index (κ1) is 21.9. The van der Waals surface area contributed by atoms with Crippen molar-refractivity contribution in [1.82, 2.24) is 0 Å². The van der Waals surface area contributed by atoms with Gasteiger partial charge in [-0.2, -0.15) is 0 Å². The van der Waals surface area contributed by atoms with Gasteiger partial charge < -0.3 is 5.11 Å². The average molecular weight is 401 g/mol. The zero-order chi connectivity index (χ0) is 21.0. The third kappa shape index (κ3) is 3.66. The van der Waals surface area contributed by atoms with Crippen molar-refractivity contribution in [2.24, 2.45) is 52.3 Å². The summed E-state index contributed by atoms with van der Waals surface area (Å²) in [5, 5.41) is 10.2. The third-order valence-corrected chi connectivity index (χ3v) is 11.0. The summed E-state index contributed by atoms with van der Waals surface area (Å²) in [7, 11) is 0. The first-order valence-corrected chi connectivity index (χ1v) is 13.0. The SMILES string of the molecule is CC(C)C(C)CCC(C)[C@H]1CCC2C3=CCC4C[C@@H](O)CC[C@]4(C)C3CC[C@@]21C. The number of hydrogen-bond donors (Lipinski definition) is 1. The molecule has 29 heavy (non-hydrogen) atoms. The molecule has 0 bridgehead atoms. The van der Waals surface area contributed by atoms with Crippen LogP contribution in [0.25, 0.3) is 0 Å². The number of fused-ring (bicyclic) bond motifs is 5. The molecule has 166 valence electrons. The Morgan fingerprint density at radius 2 is 1.62 bits per heavy atom. The van der Waals surface area contributed by atoms with Crippen molar-refractivity contribution in [2.75, 3.05) is 0 Å². The van der Waals surface area contributed by atoms with Crippen LogP contribution in [0.5, 0.6) is 0 Å². The normalized spacial score (nSPS) is 46.5. The van der Waals surface area contributed by atoms with Gasteiger partial charge in [0.1, 0.15) is 0 Å². The summed E-state index contributed by atoms with van der Waals surface area (Å²) in [5.41, 5.74) is 2.88. The molecule has 1 heteroatoms. The molecule has 0 saturated heterocycles. The maximum atomic E-state index is 10.2. The van der Waals surface area contributed by atoms with Crippen molar-refractivity contribution < 1.29 is 5.11 Å². The van der Waals surface area contributed by atoms with Gasteiger partial charge in [-0.25, -0.2) is 0 Å². The van der Waals surface area contributed by atoms with Crippen LogP contribution < -0.4 is 0 Å². The van der Waals surface area contributed by atoms with E-state index in [1.54, 1.807) is 0 Å². The molecule has 1 nitrogen and oxygen atoms in total. The lowest BCUT2D eigenvalue weighted by Crippen LogP contribution is -2.49. The van der Waals surface area contributed by atoms with Crippen LogP contribution in [0.3, 0.4) is 0 Å². The molecule has 0 aromatic carbocycles. The number of aliphatic hydroxyl groups is 1. The maximum Gasteiger partial charge on any atom is 0.0543 e. The zero-order valence-corrected chi connectivity index (χ0v) is 20.2. The van der Waals surface area contributed by atoms with Crippen molar-refractivity contribution in [3.8, 4) is 0 Å². The second kappa shape index (κ2) is 7.99. The molecular weight excluding hydrogens is 352 g/mol. The highest BCUT2D eigenvalue weighted by molar-refractivity contribution is 5.27. The van der Waals surface area contributed by atoms with Crippen LogP contribution in [0.1, 0.15) is 106 Å². The van der Waals surface area contributed by atoms with Gasteiger partial charge in [0, 0.05) is 0 Å². The van der Waals surface area contributed by atoms with Crippen molar-refractivity contribution in [3.05, 3.63) is 11.6 Å². The first-order chi connectivity index (χ1) is 13.7. The maximum absolute atomic E-state index is 10.2. The molecule has 0 aliphatic heterocycles. The Morgan fingerprint density at radius 1 is 0.931 bits per heavy atom. The summed E-state index contributed by atoms with van der Waals surface area (Å²) in [4.78, 5) is 0. The third-order valence-electron chi connectivity index (χ3n) is 11.0. The highest BCUT2D eigenvalue weighted by atomic mass is 16.3. The molecular formula is C28H48O. The monoisotopic (exact) mass is 400 g/mol. The number of allylic oxidation sites excluding steroid dienone is 2. The van der Waals surface area contributed by atoms with E-state index in [4.69, 9.17) is 0 Å². The molecule has 3 fully saturated rings. The van der Waals surface area contributed by atoms with Gasteiger partial charge in [0.2, 0.25) is 0 Å². The highest BCUT2D eigenvalue weighted by Gasteiger charge is 2.58. The van der Waals surface area contributed by atoms with Crippen LogP contribution in [0.15, 0.2) is 11.6 Å². The Bertz CT molecular complexity index is 620. The molecule has 1 N–H and O–H groups in total. The predicted molar refractivity (Wildman–Crippen MR) is 124 cm³/mol. The molecule has 0 spiro atoms. The van der Waals surface area contributed by atoms with Crippen LogP contribution in [-0.4, -0.2) is 11.2 Å². The Hall–Kier alpha value is -0.300. The second-order valence-corrected chi connectivity index (χ2v) is 12.7. The lowest BCUT2D eigenvalue weighted by atomic mass is 9.47. The highest BCUT2D eigenvalue weighted by Crippen LogP contribution is 2.67. The molecule has 0 heterocycles. The predicted octanol–water partition coefficient (Wildman–Crippen LogP) is 7.63. The Balaban J connectivity index is 1.50. The molecule has 4 aliphatic rings. The van der Waals surface area contributed by atoms with Crippen molar-refractivity contribution in [2.45, 2.75) is 112 Å². The van der Waals surface area contributed by atoms with Crippen LogP contribution in [0, 0.1) is 52.3 Å². The van der Waals surface area contributed by atoms with Crippen molar-refractivity contribution in [3.63, 3.8) is 0 Å². The number of aliphatic hydroxyl groups excluding tert-OH is 1. The molecule has 4 rings (SSSR count). The van der Waals surface area contributed by atoms with Gasteiger partial charge in [-0.3, -0.25) is 0 Å². The summed E-state index contributed by atoms with van der Waals surface area (Å²) in [6, 6.07) is 0. The van der Waals surface area contributed by atoms with Crippen LogP contribution in [0.2, 0.25) is 0 Å². The summed E-state index contributed by atoms with van der Waals surface area (Å²) in [6.45, 7) is 15.1. The zero-order valence-electron chi connectivity index (χ0n) is 20.2. The van der Waals surface area contributed by atoms with Crippen molar-refractivity contribution in [1.29, 1.82) is 0 Å². The largest absolute Gasteiger partial charge is 0.393 e. The van der Waals surface area contributed by atoms with E-state index in [0.717, 1.165) is 54.3 Å². The molecule has 9 atom stereocenters. The molecule has 0 aromatic rings. The van der Waals surface area contributed by atoms with E-state index in [2.05, 4.69) is 47.6 Å². The summed E-state index contributed by atoms with van der Waals surface area (Å²) < 4.78 is 0. The smallest absolute Gasteiger partial charge is 0.0543 e. The van der Waals surface area contributed by atoms with Gasteiger partial charge in [-0.05, 0) is 104 Å². The summed E-state index contributed by atoms with van der Waals surface area (Å²) in [6.07, 6.45) is 15.8. The van der Waals surface area contributed by atoms with E-state index in [9.17, 15) is 5.11 Å². The van der Waals surface area contributed by atoms with Crippen molar-refractivity contribution >= 4 is 0 Å². The molecule has 3 saturated carbocycles. The fourth-order valence-corrected chi connectivity index (χ4v) is 8.53. The minimum absolute atomic E-state index is 0.0400. The molecule has 5 unspecified atom stereocenters. The van der Waals surface area contributed by atoms with E-state index in [1.165, 1.54) is 51.4 Å². The molecule has 0 amide bonds. The number of hydrogen-bond acceptors (Lipinski definition) is 1. The van der Waals surface area contributed by atoms with E-state index in [1.807, 2.05) is 5.57 Å². The fraction of sp³-hybridized carbons (Fsp3) is 0.929. The fourth-order valence-electron chi connectivity index (χ4n) is 8.53. The van der Waals surface area contributed by atoms with Gasteiger partial charge in [-0.1, -0.05) is 66.0 Å². The van der Waals surface area contributed by atoms with E-state index < -0.39 is 0 Å². The van der Waals surface area contributed by atoms with Gasteiger partial charge in [0.05, 0.1) is 6.10 Å². The first-order valence-electron chi connectivity index (χ1n) is 13.0. The topological polar surface area (TPSA) is 20.2 Å². The Kier molecular flexibility index (Phi) is 6.04. The van der Waals surface area contributed by atoms with Gasteiger partial charge in [-0.15, -0.1) is 0 Å². The quantitative estimate of drug-likeness (QED) is 0.470. The summed E-state index contributed by atoms with van der Waals surface area (Å²) in [5.74, 6) is 5.85. The van der Waals surface area contributed by atoms with E-state index in [0.29, 0.717) is 10.8 Å². The average Bonchev–Trinajstić information content (AvgIpc) is 3.03. The molecule has 0 aromatic heterocycles. The second-order valence-electron chi connectivity index (χ2n) is 12.7. The summed E-state index contributed by atoms with van der Waals surface area (Å²) >= 11 is 0. The van der Waals surface area contributed by atoms with E-state index >= 15 is 0 Å².